The summed E-state index contributed by atoms with van der Waals surface area (Å²) in [7, 11) is 0. The Morgan fingerprint density at radius 3 is 2.32 bits per heavy atom. The summed E-state index contributed by atoms with van der Waals surface area (Å²) < 4.78 is 0. The van der Waals surface area contributed by atoms with Gasteiger partial charge in [0.2, 0.25) is 11.8 Å². The Balaban J connectivity index is 2.35. The fourth-order valence-electron chi connectivity index (χ4n) is 1.49. The minimum Gasteiger partial charge on any atom is -0.347 e. The molecule has 1 rings (SSSR count). The molecule has 8 heteroatoms. The van der Waals surface area contributed by atoms with Crippen LogP contribution >= 0.6 is 0 Å². The van der Waals surface area contributed by atoms with Gasteiger partial charge in [-0.05, 0) is 26.0 Å². The van der Waals surface area contributed by atoms with Crippen LogP contribution in [0.25, 0.3) is 0 Å². The van der Waals surface area contributed by atoms with E-state index in [2.05, 4.69) is 20.9 Å². The van der Waals surface area contributed by atoms with Gasteiger partial charge in [-0.1, -0.05) is 0 Å². The molecule has 1 atom stereocenters. The second kappa shape index (κ2) is 8.50. The maximum atomic E-state index is 11.7. The molecule has 0 spiro atoms. The molecule has 0 aliphatic carbocycles. The summed E-state index contributed by atoms with van der Waals surface area (Å²) in [4.78, 5) is 49.5. The lowest BCUT2D eigenvalue weighted by Gasteiger charge is -2.13. The van der Waals surface area contributed by atoms with Gasteiger partial charge in [0, 0.05) is 18.0 Å². The fraction of sp³-hybridized carbons (Fsp3) is 0.357. The number of aromatic nitrogens is 1. The fourth-order valence-corrected chi connectivity index (χ4v) is 1.49. The van der Waals surface area contributed by atoms with E-state index >= 15 is 0 Å². The van der Waals surface area contributed by atoms with Crippen LogP contribution in [0, 0.1) is 0 Å². The molecule has 0 aliphatic heterocycles. The predicted molar refractivity (Wildman–Crippen MR) is 77.9 cm³/mol. The Labute approximate surface area is 127 Å². The van der Waals surface area contributed by atoms with Gasteiger partial charge < -0.3 is 16.0 Å². The van der Waals surface area contributed by atoms with Gasteiger partial charge in [0.25, 0.3) is 5.91 Å². The molecule has 0 saturated heterocycles. The van der Waals surface area contributed by atoms with E-state index in [0.717, 1.165) is 0 Å². The van der Waals surface area contributed by atoms with Gasteiger partial charge >= 0.3 is 0 Å². The van der Waals surface area contributed by atoms with Gasteiger partial charge in [0.15, 0.2) is 0 Å². The van der Waals surface area contributed by atoms with E-state index in [4.69, 9.17) is 0 Å². The molecule has 0 bridgehead atoms. The van der Waals surface area contributed by atoms with Gasteiger partial charge in [-0.15, -0.1) is 0 Å². The highest BCUT2D eigenvalue weighted by molar-refractivity contribution is 5.97. The van der Waals surface area contributed by atoms with Crippen molar-refractivity contribution in [2.45, 2.75) is 19.9 Å². The number of carbonyl (C=O) groups is 4. The smallest absolute Gasteiger partial charge is 0.251 e. The summed E-state index contributed by atoms with van der Waals surface area (Å²) in [6.07, 6.45) is 2.94. The number of nitrogens with zero attached hydrogens (tertiary/aromatic N) is 1. The third-order valence-electron chi connectivity index (χ3n) is 2.63. The highest BCUT2D eigenvalue weighted by Crippen LogP contribution is 1.94. The van der Waals surface area contributed by atoms with Crippen LogP contribution in [0.15, 0.2) is 24.5 Å². The van der Waals surface area contributed by atoms with Crippen LogP contribution in [-0.2, 0) is 14.4 Å². The van der Waals surface area contributed by atoms with Crippen molar-refractivity contribution in [1.29, 1.82) is 0 Å². The largest absolute Gasteiger partial charge is 0.347 e. The molecular weight excluding hydrogens is 288 g/mol. The molecule has 0 unspecified atom stereocenters. The van der Waals surface area contributed by atoms with Crippen molar-refractivity contribution in [3.63, 3.8) is 0 Å². The molecule has 118 valence electrons. The van der Waals surface area contributed by atoms with Crippen molar-refractivity contribution in [3.8, 4) is 0 Å². The van der Waals surface area contributed by atoms with E-state index in [1.807, 2.05) is 0 Å². The molecule has 0 aliphatic rings. The van der Waals surface area contributed by atoms with Crippen LogP contribution in [0.2, 0.25) is 0 Å². The number of rotatable bonds is 7. The number of ketones is 1. The zero-order valence-corrected chi connectivity index (χ0v) is 12.4. The highest BCUT2D eigenvalue weighted by Gasteiger charge is 2.16. The zero-order chi connectivity index (χ0) is 16.5. The number of hydrogen-bond acceptors (Lipinski definition) is 5. The molecule has 1 aromatic heterocycles. The van der Waals surface area contributed by atoms with Gasteiger partial charge in [-0.2, -0.15) is 0 Å². The lowest BCUT2D eigenvalue weighted by atomic mass is 10.2. The Bertz CT molecular complexity index is 559. The van der Waals surface area contributed by atoms with Gasteiger partial charge in [-0.25, -0.2) is 0 Å². The van der Waals surface area contributed by atoms with Crippen LogP contribution in [0.3, 0.4) is 0 Å². The van der Waals surface area contributed by atoms with Crippen LogP contribution in [0.5, 0.6) is 0 Å². The van der Waals surface area contributed by atoms with Crippen molar-refractivity contribution in [3.05, 3.63) is 30.1 Å². The van der Waals surface area contributed by atoms with Crippen molar-refractivity contribution in [1.82, 2.24) is 20.9 Å². The molecule has 3 amide bonds. The van der Waals surface area contributed by atoms with Crippen molar-refractivity contribution in [2.24, 2.45) is 0 Å². The Kier molecular flexibility index (Phi) is 6.68. The average Bonchev–Trinajstić information content (AvgIpc) is 2.50. The van der Waals surface area contributed by atoms with E-state index < -0.39 is 23.8 Å². The molecule has 0 fully saturated rings. The molecule has 3 N–H and O–H groups in total. The quantitative estimate of drug-likeness (QED) is 0.598. The summed E-state index contributed by atoms with van der Waals surface area (Å²) in [6.45, 7) is 2.49. The molecule has 1 heterocycles. The number of Topliss-reactive ketones (excluding diaryl/α,β-unsaturated/α-hetero) is 1. The number of hydrogen-bond donors (Lipinski definition) is 3. The second-order valence-electron chi connectivity index (χ2n) is 4.63. The minimum absolute atomic E-state index is 0.0855. The molecule has 0 aromatic carbocycles. The predicted octanol–water partition coefficient (Wildman–Crippen LogP) is -0.979. The summed E-state index contributed by atoms with van der Waals surface area (Å²) in [6, 6.07) is 2.24. The average molecular weight is 306 g/mol. The third kappa shape index (κ3) is 6.12. The van der Waals surface area contributed by atoms with Crippen LogP contribution in [0.4, 0.5) is 0 Å². The minimum atomic E-state index is -0.801. The lowest BCUT2D eigenvalue weighted by molar-refractivity contribution is -0.129. The van der Waals surface area contributed by atoms with Crippen LogP contribution in [0.1, 0.15) is 24.2 Å². The van der Waals surface area contributed by atoms with Gasteiger partial charge in [0.05, 0.1) is 13.1 Å². The SMILES string of the molecule is CC(=O)CNC(=O)[C@H](C)NC(=O)CNC(=O)c1ccncc1. The standard InChI is InChI=1S/C14H18N4O4/c1-9(19)7-16-13(21)10(2)18-12(20)8-17-14(22)11-3-5-15-6-4-11/h3-6,10H,7-8H2,1-2H3,(H,16,21)(H,17,22)(H,18,20)/t10-/m0/s1. The Hall–Kier alpha value is -2.77. The maximum Gasteiger partial charge on any atom is 0.251 e. The molecule has 22 heavy (non-hydrogen) atoms. The summed E-state index contributed by atoms with van der Waals surface area (Å²) in [5, 5.41) is 7.23. The number of nitrogens with one attached hydrogen (secondary N) is 3. The Morgan fingerprint density at radius 1 is 1.09 bits per heavy atom. The summed E-state index contributed by atoms with van der Waals surface area (Å²) in [5.41, 5.74) is 0.384. The van der Waals surface area contributed by atoms with Gasteiger partial charge in [-0.3, -0.25) is 24.2 Å². The third-order valence-corrected chi connectivity index (χ3v) is 2.63. The van der Waals surface area contributed by atoms with Crippen LogP contribution < -0.4 is 16.0 Å². The molecular formula is C14H18N4O4. The first-order chi connectivity index (χ1) is 10.4. The summed E-state index contributed by atoms with van der Waals surface area (Å²) >= 11 is 0. The van der Waals surface area contributed by atoms with Gasteiger partial charge in [0.1, 0.15) is 11.8 Å². The number of pyridine rings is 1. The van der Waals surface area contributed by atoms with Crippen LogP contribution in [-0.4, -0.2) is 47.6 Å². The van der Waals surface area contributed by atoms with E-state index in [1.54, 1.807) is 0 Å². The Morgan fingerprint density at radius 2 is 1.73 bits per heavy atom. The van der Waals surface area contributed by atoms with E-state index in [0.29, 0.717) is 5.56 Å². The molecule has 1 aromatic rings. The van der Waals surface area contributed by atoms with E-state index in [9.17, 15) is 19.2 Å². The van der Waals surface area contributed by atoms with E-state index in [1.165, 1.54) is 38.4 Å². The lowest BCUT2D eigenvalue weighted by Crippen LogP contribution is -2.48. The topological polar surface area (TPSA) is 117 Å². The van der Waals surface area contributed by atoms with Crippen molar-refractivity contribution < 1.29 is 19.2 Å². The first-order valence-electron chi connectivity index (χ1n) is 6.65. The van der Waals surface area contributed by atoms with E-state index in [-0.39, 0.29) is 18.9 Å². The first-order valence-corrected chi connectivity index (χ1v) is 6.65. The van der Waals surface area contributed by atoms with Crippen molar-refractivity contribution >= 4 is 23.5 Å². The second-order valence-corrected chi connectivity index (χ2v) is 4.63. The number of carbonyl (C=O) groups excluding carboxylic acids is 4. The molecule has 0 saturated carbocycles. The zero-order valence-electron chi connectivity index (χ0n) is 12.4. The number of amides is 3. The summed E-state index contributed by atoms with van der Waals surface area (Å²) in [5.74, 6) is -1.57. The van der Waals surface area contributed by atoms with Crippen molar-refractivity contribution in [2.75, 3.05) is 13.1 Å². The monoisotopic (exact) mass is 306 g/mol. The first kappa shape index (κ1) is 17.3. The molecule has 0 radical (unpaired) electrons. The highest BCUT2D eigenvalue weighted by atomic mass is 16.2. The molecule has 8 nitrogen and oxygen atoms in total. The normalized spacial score (nSPS) is 11.2. The maximum absolute atomic E-state index is 11.7.